The second-order valence-electron chi connectivity index (χ2n) is 4.49. The quantitative estimate of drug-likeness (QED) is 0.770. The van der Waals surface area contributed by atoms with Crippen molar-refractivity contribution >= 4 is 0 Å². The van der Waals surface area contributed by atoms with Gasteiger partial charge in [0.05, 0.1) is 27.9 Å². The SMILES string of the molecule is CCOc1ccc(Oc2cc(OC)c(OC)c(OC)c2)c(F)c1. The van der Waals surface area contributed by atoms with Gasteiger partial charge in [0.15, 0.2) is 23.1 Å². The van der Waals surface area contributed by atoms with Gasteiger partial charge in [0.2, 0.25) is 5.75 Å². The molecule has 2 aromatic rings. The average molecular weight is 322 g/mol. The Balaban J connectivity index is 2.33. The Morgan fingerprint density at radius 3 is 1.96 bits per heavy atom. The van der Waals surface area contributed by atoms with Crippen molar-refractivity contribution in [2.75, 3.05) is 27.9 Å². The van der Waals surface area contributed by atoms with Crippen LogP contribution in [-0.4, -0.2) is 27.9 Å². The highest BCUT2D eigenvalue weighted by atomic mass is 19.1. The van der Waals surface area contributed by atoms with E-state index >= 15 is 0 Å². The molecule has 5 nitrogen and oxygen atoms in total. The first-order chi connectivity index (χ1) is 11.1. The highest BCUT2D eigenvalue weighted by Crippen LogP contribution is 2.42. The third-order valence-corrected chi connectivity index (χ3v) is 3.08. The van der Waals surface area contributed by atoms with Crippen LogP contribution in [0.3, 0.4) is 0 Å². The van der Waals surface area contributed by atoms with E-state index in [4.69, 9.17) is 23.7 Å². The zero-order valence-electron chi connectivity index (χ0n) is 13.5. The second-order valence-corrected chi connectivity index (χ2v) is 4.49. The van der Waals surface area contributed by atoms with Crippen molar-refractivity contribution in [1.29, 1.82) is 0 Å². The third kappa shape index (κ3) is 3.77. The van der Waals surface area contributed by atoms with Crippen molar-refractivity contribution in [3.63, 3.8) is 0 Å². The van der Waals surface area contributed by atoms with Crippen molar-refractivity contribution in [3.05, 3.63) is 36.1 Å². The molecule has 0 aliphatic carbocycles. The van der Waals surface area contributed by atoms with E-state index in [0.29, 0.717) is 35.4 Å². The van der Waals surface area contributed by atoms with Gasteiger partial charge in [-0.1, -0.05) is 0 Å². The van der Waals surface area contributed by atoms with E-state index < -0.39 is 5.82 Å². The van der Waals surface area contributed by atoms with Crippen LogP contribution in [0.15, 0.2) is 30.3 Å². The Hall–Kier alpha value is -2.63. The van der Waals surface area contributed by atoms with Gasteiger partial charge in [0, 0.05) is 18.2 Å². The van der Waals surface area contributed by atoms with E-state index in [9.17, 15) is 4.39 Å². The van der Waals surface area contributed by atoms with Crippen molar-refractivity contribution in [2.24, 2.45) is 0 Å². The molecule has 0 heterocycles. The van der Waals surface area contributed by atoms with Gasteiger partial charge >= 0.3 is 0 Å². The number of rotatable bonds is 7. The summed E-state index contributed by atoms with van der Waals surface area (Å²) in [6, 6.07) is 7.61. The Bertz CT molecular complexity index is 647. The number of hydrogen-bond donors (Lipinski definition) is 0. The average Bonchev–Trinajstić information content (AvgIpc) is 2.56. The van der Waals surface area contributed by atoms with E-state index in [1.807, 2.05) is 6.92 Å². The van der Waals surface area contributed by atoms with Crippen LogP contribution in [0.5, 0.6) is 34.5 Å². The van der Waals surface area contributed by atoms with Crippen LogP contribution in [0.2, 0.25) is 0 Å². The molecule has 0 radical (unpaired) electrons. The van der Waals surface area contributed by atoms with Crippen LogP contribution >= 0.6 is 0 Å². The van der Waals surface area contributed by atoms with Crippen molar-refractivity contribution < 1.29 is 28.1 Å². The molecule has 0 saturated heterocycles. The molecule has 23 heavy (non-hydrogen) atoms. The largest absolute Gasteiger partial charge is 0.494 e. The Labute approximate surface area is 134 Å². The van der Waals surface area contributed by atoms with Gasteiger partial charge in [-0.25, -0.2) is 4.39 Å². The van der Waals surface area contributed by atoms with Gasteiger partial charge in [-0.15, -0.1) is 0 Å². The fourth-order valence-corrected chi connectivity index (χ4v) is 2.06. The summed E-state index contributed by atoms with van der Waals surface area (Å²) >= 11 is 0. The van der Waals surface area contributed by atoms with E-state index in [2.05, 4.69) is 0 Å². The van der Waals surface area contributed by atoms with E-state index in [-0.39, 0.29) is 5.75 Å². The highest BCUT2D eigenvalue weighted by Gasteiger charge is 2.15. The molecule has 0 bridgehead atoms. The number of halogens is 1. The summed E-state index contributed by atoms with van der Waals surface area (Å²) in [7, 11) is 4.50. The molecule has 2 rings (SSSR count). The number of benzene rings is 2. The number of ether oxygens (including phenoxy) is 5. The summed E-state index contributed by atoms with van der Waals surface area (Å²) in [5.74, 6) is 1.65. The van der Waals surface area contributed by atoms with Crippen LogP contribution in [0, 0.1) is 5.82 Å². The summed E-state index contributed by atoms with van der Waals surface area (Å²) in [6.07, 6.45) is 0. The fourth-order valence-electron chi connectivity index (χ4n) is 2.06. The molecule has 2 aromatic carbocycles. The maximum atomic E-state index is 14.1. The summed E-state index contributed by atoms with van der Waals surface area (Å²) in [4.78, 5) is 0. The summed E-state index contributed by atoms with van der Waals surface area (Å²) in [5.41, 5.74) is 0. The molecule has 0 N–H and O–H groups in total. The van der Waals surface area contributed by atoms with Crippen LogP contribution in [-0.2, 0) is 0 Å². The second kappa shape index (κ2) is 7.58. The molecule has 0 aliphatic rings. The molecule has 124 valence electrons. The van der Waals surface area contributed by atoms with Gasteiger partial charge in [-0.3, -0.25) is 0 Å². The molecular formula is C17H19FO5. The Morgan fingerprint density at radius 1 is 0.826 bits per heavy atom. The van der Waals surface area contributed by atoms with Gasteiger partial charge in [0.1, 0.15) is 11.5 Å². The van der Waals surface area contributed by atoms with E-state index in [0.717, 1.165) is 0 Å². The molecule has 0 amide bonds. The number of methoxy groups -OCH3 is 3. The van der Waals surface area contributed by atoms with Gasteiger partial charge in [0.25, 0.3) is 0 Å². The standard InChI is InChI=1S/C17H19FO5/c1-5-22-11-6-7-14(13(18)8-11)23-12-9-15(19-2)17(21-4)16(10-12)20-3/h6-10H,5H2,1-4H3. The Kier molecular flexibility index (Phi) is 5.51. The molecule has 0 fully saturated rings. The molecular weight excluding hydrogens is 303 g/mol. The topological polar surface area (TPSA) is 46.2 Å². The Morgan fingerprint density at radius 2 is 1.48 bits per heavy atom. The first-order valence-electron chi connectivity index (χ1n) is 7.03. The number of hydrogen-bond acceptors (Lipinski definition) is 5. The lowest BCUT2D eigenvalue weighted by atomic mass is 10.2. The molecule has 0 atom stereocenters. The zero-order valence-corrected chi connectivity index (χ0v) is 13.5. The van der Waals surface area contributed by atoms with E-state index in [1.54, 1.807) is 18.2 Å². The molecule has 0 saturated carbocycles. The van der Waals surface area contributed by atoms with E-state index in [1.165, 1.54) is 33.5 Å². The van der Waals surface area contributed by atoms with Gasteiger partial charge in [-0.05, 0) is 19.1 Å². The first kappa shape index (κ1) is 16.7. The van der Waals surface area contributed by atoms with Gasteiger partial charge < -0.3 is 23.7 Å². The molecule has 6 heteroatoms. The first-order valence-corrected chi connectivity index (χ1v) is 7.03. The van der Waals surface area contributed by atoms with Gasteiger partial charge in [-0.2, -0.15) is 0 Å². The third-order valence-electron chi connectivity index (χ3n) is 3.08. The lowest BCUT2D eigenvalue weighted by molar-refractivity contribution is 0.320. The summed E-state index contributed by atoms with van der Waals surface area (Å²) in [5, 5.41) is 0. The normalized spacial score (nSPS) is 10.1. The van der Waals surface area contributed by atoms with Crippen molar-refractivity contribution in [3.8, 4) is 34.5 Å². The highest BCUT2D eigenvalue weighted by molar-refractivity contribution is 5.56. The molecule has 0 unspecified atom stereocenters. The predicted octanol–water partition coefficient (Wildman–Crippen LogP) is 4.04. The minimum absolute atomic E-state index is 0.0720. The zero-order chi connectivity index (χ0) is 16.8. The minimum atomic E-state index is -0.523. The minimum Gasteiger partial charge on any atom is -0.494 e. The monoisotopic (exact) mass is 322 g/mol. The van der Waals surface area contributed by atoms with Crippen LogP contribution in [0.1, 0.15) is 6.92 Å². The molecule has 0 aromatic heterocycles. The summed E-state index contributed by atoms with van der Waals surface area (Å²) in [6.45, 7) is 2.30. The summed E-state index contributed by atoms with van der Waals surface area (Å²) < 4.78 is 40.6. The lowest BCUT2D eigenvalue weighted by Gasteiger charge is -2.15. The van der Waals surface area contributed by atoms with Crippen molar-refractivity contribution in [2.45, 2.75) is 6.92 Å². The maximum absolute atomic E-state index is 14.1. The smallest absolute Gasteiger partial charge is 0.203 e. The molecule has 0 aliphatic heterocycles. The lowest BCUT2D eigenvalue weighted by Crippen LogP contribution is -1.97. The van der Waals surface area contributed by atoms with Crippen LogP contribution in [0.4, 0.5) is 4.39 Å². The van der Waals surface area contributed by atoms with Crippen molar-refractivity contribution in [1.82, 2.24) is 0 Å². The van der Waals surface area contributed by atoms with Crippen LogP contribution < -0.4 is 23.7 Å². The fraction of sp³-hybridized carbons (Fsp3) is 0.294. The van der Waals surface area contributed by atoms with Crippen LogP contribution in [0.25, 0.3) is 0 Å². The molecule has 0 spiro atoms. The predicted molar refractivity (Wildman–Crippen MR) is 83.7 cm³/mol. The maximum Gasteiger partial charge on any atom is 0.203 e.